The second-order valence-electron chi connectivity index (χ2n) is 5.33. The smallest absolute Gasteiger partial charge is 0.0963 e. The number of aromatic nitrogens is 1. The summed E-state index contributed by atoms with van der Waals surface area (Å²) >= 11 is 1.83. The number of hydrogen-bond acceptors (Lipinski definition) is 3. The van der Waals surface area contributed by atoms with Crippen LogP contribution in [0.2, 0.25) is 0 Å². The number of pyridine rings is 1. The second kappa shape index (κ2) is 8.20. The minimum Gasteiger partial charge on any atom is -0.309 e. The first-order valence-electron chi connectivity index (χ1n) is 7.58. The van der Waals surface area contributed by atoms with E-state index in [1.807, 2.05) is 30.1 Å². The Bertz CT molecular complexity index is 525. The molecule has 1 aromatic heterocycles. The molecule has 3 heteroatoms. The molecule has 0 saturated heterocycles. The first-order valence-corrected chi connectivity index (χ1v) is 8.46. The molecular weight excluding hydrogens is 276 g/mol. The Hall–Kier alpha value is -1.32. The van der Waals surface area contributed by atoms with Crippen LogP contribution >= 0.6 is 11.8 Å². The fourth-order valence-corrected chi connectivity index (χ4v) is 3.35. The molecule has 21 heavy (non-hydrogen) atoms. The van der Waals surface area contributed by atoms with Crippen LogP contribution in [0.5, 0.6) is 0 Å². The zero-order valence-corrected chi connectivity index (χ0v) is 13.9. The maximum atomic E-state index is 4.42. The lowest BCUT2D eigenvalue weighted by atomic mass is 10.0. The number of nitrogens with zero attached hydrogens (tertiary/aromatic N) is 1. The van der Waals surface area contributed by atoms with Gasteiger partial charge in [0.2, 0.25) is 0 Å². The fraction of sp³-hybridized carbons (Fsp3) is 0.389. The van der Waals surface area contributed by atoms with Gasteiger partial charge in [0.1, 0.15) is 0 Å². The van der Waals surface area contributed by atoms with Crippen molar-refractivity contribution in [2.75, 3.05) is 6.54 Å². The lowest BCUT2D eigenvalue weighted by Crippen LogP contribution is -2.29. The average Bonchev–Trinajstić information content (AvgIpc) is 2.50. The van der Waals surface area contributed by atoms with Crippen molar-refractivity contribution < 1.29 is 0 Å². The van der Waals surface area contributed by atoms with Crippen LogP contribution in [0.3, 0.4) is 0 Å². The Morgan fingerprint density at radius 2 is 1.90 bits per heavy atom. The van der Waals surface area contributed by atoms with E-state index in [4.69, 9.17) is 0 Å². The lowest BCUT2D eigenvalue weighted by molar-refractivity contribution is 0.527. The van der Waals surface area contributed by atoms with Crippen LogP contribution < -0.4 is 5.32 Å². The Morgan fingerprint density at radius 3 is 2.52 bits per heavy atom. The highest BCUT2D eigenvalue weighted by atomic mass is 32.2. The Balaban J connectivity index is 2.12. The number of rotatable bonds is 7. The Kier molecular flexibility index (Phi) is 6.27. The predicted octanol–water partition coefficient (Wildman–Crippen LogP) is 4.61. The van der Waals surface area contributed by atoms with Crippen molar-refractivity contribution in [3.8, 4) is 0 Å². The molecule has 0 amide bonds. The Labute approximate surface area is 132 Å². The number of aryl methyl sites for hydroxylation is 1. The SMILES string of the molecule is CCCNC(c1ccc(C)cc1)C(C)Sc1ccccn1. The summed E-state index contributed by atoms with van der Waals surface area (Å²) in [6.45, 7) is 7.64. The van der Waals surface area contributed by atoms with Crippen LogP contribution in [-0.2, 0) is 0 Å². The first kappa shape index (κ1) is 16.1. The molecule has 112 valence electrons. The zero-order valence-electron chi connectivity index (χ0n) is 13.0. The maximum absolute atomic E-state index is 4.42. The summed E-state index contributed by atoms with van der Waals surface area (Å²) in [5.74, 6) is 0. The standard InChI is InChI=1S/C18H24N2S/c1-4-12-20-18(16-10-8-14(2)9-11-16)15(3)21-17-7-5-6-13-19-17/h5-11,13,15,18,20H,4,12H2,1-3H3. The van der Waals surface area contributed by atoms with Crippen molar-refractivity contribution in [1.29, 1.82) is 0 Å². The molecule has 2 unspecified atom stereocenters. The fourth-order valence-electron chi connectivity index (χ4n) is 2.30. The van der Waals surface area contributed by atoms with Crippen LogP contribution in [0.25, 0.3) is 0 Å². The molecule has 1 aromatic carbocycles. The van der Waals surface area contributed by atoms with Gasteiger partial charge in [0, 0.05) is 17.5 Å². The number of hydrogen-bond donors (Lipinski definition) is 1. The largest absolute Gasteiger partial charge is 0.309 e. The maximum Gasteiger partial charge on any atom is 0.0963 e. The van der Waals surface area contributed by atoms with E-state index in [1.165, 1.54) is 11.1 Å². The van der Waals surface area contributed by atoms with Gasteiger partial charge in [-0.25, -0.2) is 4.98 Å². The molecule has 2 atom stereocenters. The van der Waals surface area contributed by atoms with Crippen molar-refractivity contribution in [2.24, 2.45) is 0 Å². The number of benzene rings is 1. The summed E-state index contributed by atoms with van der Waals surface area (Å²) < 4.78 is 0. The molecule has 0 aliphatic heterocycles. The zero-order chi connectivity index (χ0) is 15.1. The minimum atomic E-state index is 0.345. The van der Waals surface area contributed by atoms with Crippen molar-refractivity contribution in [3.63, 3.8) is 0 Å². The summed E-state index contributed by atoms with van der Waals surface area (Å²) in [5, 5.41) is 5.19. The monoisotopic (exact) mass is 300 g/mol. The van der Waals surface area contributed by atoms with Gasteiger partial charge < -0.3 is 5.32 Å². The molecule has 0 aliphatic rings. The molecular formula is C18H24N2S. The normalized spacial score (nSPS) is 13.9. The van der Waals surface area contributed by atoms with Crippen LogP contribution in [0.4, 0.5) is 0 Å². The van der Waals surface area contributed by atoms with Crippen LogP contribution in [0.15, 0.2) is 53.7 Å². The lowest BCUT2D eigenvalue weighted by Gasteiger charge is -2.25. The predicted molar refractivity (Wildman–Crippen MR) is 91.8 cm³/mol. The molecule has 0 radical (unpaired) electrons. The highest BCUT2D eigenvalue weighted by molar-refractivity contribution is 7.99. The molecule has 2 aromatic rings. The summed E-state index contributed by atoms with van der Waals surface area (Å²) in [7, 11) is 0. The summed E-state index contributed by atoms with van der Waals surface area (Å²) in [4.78, 5) is 4.42. The van der Waals surface area contributed by atoms with Crippen molar-refractivity contribution in [2.45, 2.75) is 43.5 Å². The van der Waals surface area contributed by atoms with Gasteiger partial charge in [-0.3, -0.25) is 0 Å². The van der Waals surface area contributed by atoms with E-state index in [-0.39, 0.29) is 0 Å². The van der Waals surface area contributed by atoms with E-state index in [1.54, 1.807) is 0 Å². The van der Waals surface area contributed by atoms with E-state index in [0.717, 1.165) is 18.0 Å². The van der Waals surface area contributed by atoms with Gasteiger partial charge in [0.25, 0.3) is 0 Å². The second-order valence-corrected chi connectivity index (χ2v) is 6.73. The quantitative estimate of drug-likeness (QED) is 0.756. The molecule has 1 N–H and O–H groups in total. The molecule has 0 bridgehead atoms. The number of thioether (sulfide) groups is 1. The molecule has 2 rings (SSSR count). The minimum absolute atomic E-state index is 0.345. The highest BCUT2D eigenvalue weighted by Crippen LogP contribution is 2.31. The van der Waals surface area contributed by atoms with Crippen molar-refractivity contribution in [3.05, 3.63) is 59.8 Å². The van der Waals surface area contributed by atoms with Crippen LogP contribution in [0, 0.1) is 6.92 Å². The van der Waals surface area contributed by atoms with Crippen LogP contribution in [-0.4, -0.2) is 16.8 Å². The van der Waals surface area contributed by atoms with Gasteiger partial charge in [-0.15, -0.1) is 11.8 Å². The summed E-state index contributed by atoms with van der Waals surface area (Å²) in [5.41, 5.74) is 2.66. The summed E-state index contributed by atoms with van der Waals surface area (Å²) in [6, 6.07) is 15.3. The van der Waals surface area contributed by atoms with E-state index >= 15 is 0 Å². The average molecular weight is 300 g/mol. The van der Waals surface area contributed by atoms with E-state index < -0.39 is 0 Å². The molecule has 0 spiro atoms. The van der Waals surface area contributed by atoms with Gasteiger partial charge in [-0.05, 0) is 37.6 Å². The first-order chi connectivity index (χ1) is 10.2. The molecule has 0 fully saturated rings. The third kappa shape index (κ3) is 4.87. The van der Waals surface area contributed by atoms with Crippen molar-refractivity contribution in [1.82, 2.24) is 10.3 Å². The molecule has 0 aliphatic carbocycles. The van der Waals surface area contributed by atoms with Crippen LogP contribution in [0.1, 0.15) is 37.4 Å². The van der Waals surface area contributed by atoms with E-state index in [0.29, 0.717) is 11.3 Å². The van der Waals surface area contributed by atoms with Gasteiger partial charge in [-0.1, -0.05) is 49.7 Å². The highest BCUT2D eigenvalue weighted by Gasteiger charge is 2.20. The van der Waals surface area contributed by atoms with Gasteiger partial charge in [-0.2, -0.15) is 0 Å². The number of nitrogens with one attached hydrogen (secondary N) is 1. The molecule has 2 nitrogen and oxygen atoms in total. The topological polar surface area (TPSA) is 24.9 Å². The van der Waals surface area contributed by atoms with Gasteiger partial charge in [0.15, 0.2) is 0 Å². The van der Waals surface area contributed by atoms with Gasteiger partial charge >= 0.3 is 0 Å². The molecule has 1 heterocycles. The third-order valence-electron chi connectivity index (χ3n) is 3.46. The van der Waals surface area contributed by atoms with Gasteiger partial charge in [0.05, 0.1) is 5.03 Å². The van der Waals surface area contributed by atoms with Crippen molar-refractivity contribution >= 4 is 11.8 Å². The Morgan fingerprint density at radius 1 is 1.14 bits per heavy atom. The molecule has 0 saturated carbocycles. The van der Waals surface area contributed by atoms with E-state index in [2.05, 4.69) is 61.4 Å². The third-order valence-corrected chi connectivity index (χ3v) is 4.59. The van der Waals surface area contributed by atoms with E-state index in [9.17, 15) is 0 Å². The summed E-state index contributed by atoms with van der Waals surface area (Å²) in [6.07, 6.45) is 3.00.